The van der Waals surface area contributed by atoms with Crippen LogP contribution < -0.4 is 18.9 Å². The third-order valence-corrected chi connectivity index (χ3v) is 5.51. The first-order chi connectivity index (χ1) is 15.5. The Morgan fingerprint density at radius 3 is 2.00 bits per heavy atom. The molecule has 0 amide bonds. The minimum absolute atomic E-state index is 0.552. The summed E-state index contributed by atoms with van der Waals surface area (Å²) in [6.45, 7) is 6.31. The molecule has 0 N–H and O–H groups in total. The van der Waals surface area contributed by atoms with Gasteiger partial charge in [0.15, 0.2) is 11.5 Å². The van der Waals surface area contributed by atoms with Crippen LogP contribution in [0.1, 0.15) is 17.0 Å². The van der Waals surface area contributed by atoms with Crippen molar-refractivity contribution in [2.45, 2.75) is 6.92 Å². The topological polar surface area (TPSA) is 54.7 Å². The summed E-state index contributed by atoms with van der Waals surface area (Å²) in [5.74, 6) is 3.45. The predicted octanol–water partition coefficient (Wildman–Crippen LogP) is 5.43. The van der Waals surface area contributed by atoms with Gasteiger partial charge >= 0.3 is 0 Å². The van der Waals surface area contributed by atoms with Crippen LogP contribution in [0.2, 0.25) is 0 Å². The zero-order chi connectivity index (χ0) is 22.8. The lowest BCUT2D eigenvalue weighted by Crippen LogP contribution is -1.98. The first-order valence-corrected chi connectivity index (χ1v) is 10.1. The van der Waals surface area contributed by atoms with Gasteiger partial charge < -0.3 is 18.9 Å². The number of rotatable bonds is 7. The summed E-state index contributed by atoms with van der Waals surface area (Å²) in [7, 11) is 6.45. The fraction of sp³-hybridized carbons (Fsp3) is 0.192. The first-order valence-electron chi connectivity index (χ1n) is 10.1. The van der Waals surface area contributed by atoms with Crippen LogP contribution >= 0.6 is 0 Å². The molecule has 0 aliphatic rings. The maximum Gasteiger partial charge on any atom is 0.203 e. The van der Waals surface area contributed by atoms with Crippen LogP contribution in [0.4, 0.5) is 0 Å². The van der Waals surface area contributed by atoms with E-state index in [0.29, 0.717) is 17.2 Å². The summed E-state index contributed by atoms with van der Waals surface area (Å²) in [5, 5.41) is 0. The minimum Gasteiger partial charge on any atom is -0.497 e. The number of ether oxygens (including phenoxy) is 4. The zero-order valence-electron chi connectivity index (χ0n) is 18.9. The van der Waals surface area contributed by atoms with E-state index in [4.69, 9.17) is 23.9 Å². The lowest BCUT2D eigenvalue weighted by atomic mass is 9.98. The Hall–Kier alpha value is -3.93. The molecule has 164 valence electrons. The molecule has 3 aromatic carbocycles. The van der Waals surface area contributed by atoms with Crippen LogP contribution in [0.3, 0.4) is 0 Å². The molecule has 32 heavy (non-hydrogen) atoms. The Bertz CT molecular complexity index is 1260. The number of hydrogen-bond acceptors (Lipinski definition) is 5. The average Bonchev–Trinajstić information content (AvgIpc) is 3.17. The lowest BCUT2D eigenvalue weighted by molar-refractivity contribution is 0.324. The van der Waals surface area contributed by atoms with Gasteiger partial charge in [0, 0.05) is 5.69 Å². The lowest BCUT2D eigenvalue weighted by Gasteiger charge is -2.15. The van der Waals surface area contributed by atoms with E-state index in [0.717, 1.165) is 45.0 Å². The molecule has 1 heterocycles. The second-order valence-electron chi connectivity index (χ2n) is 7.29. The van der Waals surface area contributed by atoms with E-state index in [2.05, 4.69) is 23.3 Å². The van der Waals surface area contributed by atoms with Crippen LogP contribution in [0.5, 0.6) is 23.0 Å². The molecule has 4 rings (SSSR count). The van der Waals surface area contributed by atoms with Crippen molar-refractivity contribution in [3.8, 4) is 28.7 Å². The van der Waals surface area contributed by atoms with Gasteiger partial charge in [0.05, 0.1) is 39.5 Å². The molecule has 0 atom stereocenters. The van der Waals surface area contributed by atoms with Crippen LogP contribution in [0, 0.1) is 6.92 Å². The van der Waals surface area contributed by atoms with Gasteiger partial charge in [-0.1, -0.05) is 12.6 Å². The molecule has 4 aromatic rings. The van der Waals surface area contributed by atoms with Crippen LogP contribution in [-0.2, 0) is 0 Å². The molecule has 0 aliphatic heterocycles. The largest absolute Gasteiger partial charge is 0.497 e. The van der Waals surface area contributed by atoms with Crippen molar-refractivity contribution < 1.29 is 18.9 Å². The smallest absolute Gasteiger partial charge is 0.203 e. The highest BCUT2D eigenvalue weighted by atomic mass is 16.5. The molecule has 0 saturated carbocycles. The van der Waals surface area contributed by atoms with E-state index in [1.54, 1.807) is 28.4 Å². The van der Waals surface area contributed by atoms with Crippen molar-refractivity contribution in [3.63, 3.8) is 0 Å². The molecule has 1 aromatic heterocycles. The molecule has 6 heteroatoms. The van der Waals surface area contributed by atoms with Gasteiger partial charge in [-0.25, -0.2) is 4.98 Å². The molecule has 0 saturated heterocycles. The van der Waals surface area contributed by atoms with Crippen LogP contribution in [0.15, 0.2) is 61.2 Å². The minimum atomic E-state index is 0.552. The Labute approximate surface area is 187 Å². The third-order valence-electron chi connectivity index (χ3n) is 5.51. The summed E-state index contributed by atoms with van der Waals surface area (Å²) < 4.78 is 23.8. The highest BCUT2D eigenvalue weighted by molar-refractivity contribution is 5.87. The molecular formula is C26H26N2O4. The Morgan fingerprint density at radius 1 is 0.781 bits per heavy atom. The summed E-state index contributed by atoms with van der Waals surface area (Å²) in [5.41, 5.74) is 5.62. The maximum absolute atomic E-state index is 5.49. The average molecular weight is 431 g/mol. The molecule has 0 spiro atoms. The molecular weight excluding hydrogens is 404 g/mol. The molecule has 0 fully saturated rings. The number of imidazole rings is 1. The highest BCUT2D eigenvalue weighted by Crippen LogP contribution is 2.41. The number of benzene rings is 3. The zero-order valence-corrected chi connectivity index (χ0v) is 18.9. The Balaban J connectivity index is 1.76. The summed E-state index contributed by atoms with van der Waals surface area (Å²) in [6.07, 6.45) is 0. The molecule has 0 bridgehead atoms. The van der Waals surface area contributed by atoms with Crippen molar-refractivity contribution in [2.24, 2.45) is 0 Å². The normalized spacial score (nSPS) is 10.8. The second-order valence-corrected chi connectivity index (χ2v) is 7.29. The Kier molecular flexibility index (Phi) is 5.77. The number of aryl methyl sites for hydroxylation is 1. The summed E-state index contributed by atoms with van der Waals surface area (Å²) in [6, 6.07) is 17.9. The van der Waals surface area contributed by atoms with E-state index >= 15 is 0 Å². The fourth-order valence-electron chi connectivity index (χ4n) is 3.87. The number of nitrogens with zero attached hydrogens (tertiary/aromatic N) is 2. The quantitative estimate of drug-likeness (QED) is 0.391. The van der Waals surface area contributed by atoms with Gasteiger partial charge in [0.25, 0.3) is 0 Å². The van der Waals surface area contributed by atoms with E-state index in [-0.39, 0.29) is 0 Å². The van der Waals surface area contributed by atoms with Crippen molar-refractivity contribution in [1.29, 1.82) is 0 Å². The van der Waals surface area contributed by atoms with Crippen molar-refractivity contribution >= 4 is 16.6 Å². The number of methoxy groups -OCH3 is 4. The number of fused-ring (bicyclic) bond motifs is 1. The number of aromatic nitrogens is 2. The van der Waals surface area contributed by atoms with Gasteiger partial charge in [0.1, 0.15) is 11.6 Å². The van der Waals surface area contributed by atoms with E-state index < -0.39 is 0 Å². The maximum atomic E-state index is 5.49. The van der Waals surface area contributed by atoms with Gasteiger partial charge in [-0.2, -0.15) is 0 Å². The van der Waals surface area contributed by atoms with E-state index in [9.17, 15) is 0 Å². The van der Waals surface area contributed by atoms with Gasteiger partial charge in [-0.15, -0.1) is 0 Å². The van der Waals surface area contributed by atoms with Crippen LogP contribution in [0.25, 0.3) is 22.3 Å². The van der Waals surface area contributed by atoms with Gasteiger partial charge in [-0.3, -0.25) is 4.57 Å². The van der Waals surface area contributed by atoms with Crippen LogP contribution in [-0.4, -0.2) is 38.0 Å². The molecule has 6 nitrogen and oxygen atoms in total. The fourth-order valence-corrected chi connectivity index (χ4v) is 3.87. The van der Waals surface area contributed by atoms with Crippen molar-refractivity contribution in [2.75, 3.05) is 28.4 Å². The van der Waals surface area contributed by atoms with Crippen molar-refractivity contribution in [3.05, 3.63) is 78.1 Å². The molecule has 0 radical (unpaired) electrons. The van der Waals surface area contributed by atoms with E-state index in [1.165, 1.54) is 0 Å². The second kappa shape index (κ2) is 8.67. The number of hydrogen-bond donors (Lipinski definition) is 0. The Morgan fingerprint density at radius 2 is 1.44 bits per heavy atom. The summed E-state index contributed by atoms with van der Waals surface area (Å²) >= 11 is 0. The SMILES string of the molecule is C=C(c1cc(OC)c(OC)c(OC)c1)c1ccc2c(c1)nc(C)n2-c1ccc(OC)cc1. The highest BCUT2D eigenvalue weighted by Gasteiger charge is 2.16. The standard InChI is InChI=1S/C26H26N2O4/c1-16(19-14-24(30-4)26(32-6)25(15-19)31-5)18-7-12-23-22(13-18)27-17(2)28(23)20-8-10-21(29-3)11-9-20/h7-15H,1H2,2-6H3. The summed E-state index contributed by atoms with van der Waals surface area (Å²) in [4.78, 5) is 4.78. The van der Waals surface area contributed by atoms with Crippen molar-refractivity contribution in [1.82, 2.24) is 9.55 Å². The molecule has 0 aliphatic carbocycles. The third kappa shape index (κ3) is 3.64. The molecule has 0 unspecified atom stereocenters. The van der Waals surface area contributed by atoms with E-state index in [1.807, 2.05) is 49.4 Å². The predicted molar refractivity (Wildman–Crippen MR) is 127 cm³/mol. The van der Waals surface area contributed by atoms with Gasteiger partial charge in [-0.05, 0) is 72.2 Å². The monoisotopic (exact) mass is 430 g/mol. The first kappa shape index (κ1) is 21.3. The van der Waals surface area contributed by atoms with Gasteiger partial charge in [0.2, 0.25) is 5.75 Å².